The summed E-state index contributed by atoms with van der Waals surface area (Å²) in [6, 6.07) is 12.2. The third kappa shape index (κ3) is 4.21. The molecule has 2 aromatic heterocycles. The predicted octanol–water partition coefficient (Wildman–Crippen LogP) is 3.82. The fourth-order valence-electron chi connectivity index (χ4n) is 3.12. The molecule has 0 aliphatic carbocycles. The van der Waals surface area contributed by atoms with Crippen LogP contribution in [0, 0.1) is 0 Å². The van der Waals surface area contributed by atoms with Gasteiger partial charge in [0.25, 0.3) is 0 Å². The SMILES string of the molecule is CS(=O)(=O)c1ncc2c(n1)CCN(Cc1ccc(-c3ccc(Cl)cc3)s1)C2. The molecule has 4 rings (SSSR count). The van der Waals surface area contributed by atoms with Crippen molar-refractivity contribution in [1.29, 1.82) is 0 Å². The molecule has 0 saturated carbocycles. The highest BCUT2D eigenvalue weighted by atomic mass is 35.5. The van der Waals surface area contributed by atoms with Crippen LogP contribution in [0.25, 0.3) is 10.4 Å². The molecule has 0 unspecified atom stereocenters. The molecule has 140 valence electrons. The fourth-order valence-corrected chi connectivity index (χ4v) is 4.82. The summed E-state index contributed by atoms with van der Waals surface area (Å²) >= 11 is 7.74. The lowest BCUT2D eigenvalue weighted by Crippen LogP contribution is -2.31. The Morgan fingerprint density at radius 1 is 1.19 bits per heavy atom. The van der Waals surface area contributed by atoms with Crippen LogP contribution in [0.2, 0.25) is 5.02 Å². The molecule has 0 fully saturated rings. The number of benzene rings is 1. The molecule has 0 atom stereocenters. The number of fused-ring (bicyclic) bond motifs is 1. The Kier molecular flexibility index (Phi) is 5.03. The fraction of sp³-hybridized carbons (Fsp3) is 0.263. The van der Waals surface area contributed by atoms with Crippen molar-refractivity contribution in [2.75, 3.05) is 12.8 Å². The average Bonchev–Trinajstić information content (AvgIpc) is 3.09. The van der Waals surface area contributed by atoms with Gasteiger partial charge >= 0.3 is 0 Å². The van der Waals surface area contributed by atoms with E-state index in [9.17, 15) is 8.42 Å². The van der Waals surface area contributed by atoms with E-state index in [0.717, 1.165) is 48.6 Å². The maximum Gasteiger partial charge on any atom is 0.246 e. The highest BCUT2D eigenvalue weighted by Crippen LogP contribution is 2.30. The molecule has 5 nitrogen and oxygen atoms in total. The van der Waals surface area contributed by atoms with E-state index >= 15 is 0 Å². The minimum absolute atomic E-state index is 0.0828. The first kappa shape index (κ1) is 18.6. The number of nitrogens with zero attached hydrogens (tertiary/aromatic N) is 3. The van der Waals surface area contributed by atoms with Crippen LogP contribution in [-0.4, -0.2) is 36.1 Å². The van der Waals surface area contributed by atoms with Gasteiger partial charge in [0.2, 0.25) is 15.0 Å². The molecule has 0 spiro atoms. The van der Waals surface area contributed by atoms with E-state index in [0.29, 0.717) is 0 Å². The van der Waals surface area contributed by atoms with Crippen LogP contribution in [-0.2, 0) is 29.3 Å². The quantitative estimate of drug-likeness (QED) is 0.601. The second-order valence-corrected chi connectivity index (χ2v) is 10.1. The van der Waals surface area contributed by atoms with Crippen LogP contribution in [0.3, 0.4) is 0 Å². The van der Waals surface area contributed by atoms with Gasteiger partial charge in [0, 0.05) is 58.8 Å². The number of hydrogen-bond donors (Lipinski definition) is 0. The Morgan fingerprint density at radius 2 is 1.96 bits per heavy atom. The molecule has 0 bridgehead atoms. The minimum atomic E-state index is -3.37. The summed E-state index contributed by atoms with van der Waals surface area (Å²) in [5.74, 6) is 0. The van der Waals surface area contributed by atoms with Crippen LogP contribution >= 0.6 is 22.9 Å². The minimum Gasteiger partial charge on any atom is -0.293 e. The third-order valence-corrected chi connectivity index (χ3v) is 6.72. The second kappa shape index (κ2) is 7.31. The molecule has 3 aromatic rings. The summed E-state index contributed by atoms with van der Waals surface area (Å²) < 4.78 is 23.2. The van der Waals surface area contributed by atoms with Gasteiger partial charge in [-0.1, -0.05) is 23.7 Å². The number of aromatic nitrogens is 2. The molecule has 3 heterocycles. The van der Waals surface area contributed by atoms with Gasteiger partial charge < -0.3 is 0 Å². The Balaban J connectivity index is 1.47. The summed E-state index contributed by atoms with van der Waals surface area (Å²) in [5, 5.41) is 0.657. The number of thiophene rings is 1. The van der Waals surface area contributed by atoms with Crippen molar-refractivity contribution >= 4 is 32.8 Å². The highest BCUT2D eigenvalue weighted by Gasteiger charge is 2.21. The van der Waals surface area contributed by atoms with E-state index in [-0.39, 0.29) is 5.16 Å². The highest BCUT2D eigenvalue weighted by molar-refractivity contribution is 7.90. The zero-order chi connectivity index (χ0) is 19.0. The Bertz CT molecular complexity index is 1080. The van der Waals surface area contributed by atoms with Gasteiger partial charge in [-0.05, 0) is 29.8 Å². The molecule has 0 radical (unpaired) electrons. The number of sulfone groups is 1. The van der Waals surface area contributed by atoms with Gasteiger partial charge in [-0.25, -0.2) is 18.4 Å². The zero-order valence-corrected chi connectivity index (χ0v) is 17.1. The molecular formula is C19H18ClN3O2S2. The van der Waals surface area contributed by atoms with Crippen molar-refractivity contribution in [2.45, 2.75) is 24.7 Å². The van der Waals surface area contributed by atoms with Gasteiger partial charge in [0.15, 0.2) is 0 Å². The second-order valence-electron chi connectivity index (χ2n) is 6.63. The van der Waals surface area contributed by atoms with Crippen molar-refractivity contribution in [2.24, 2.45) is 0 Å². The van der Waals surface area contributed by atoms with E-state index in [2.05, 4.69) is 27.0 Å². The Hall–Kier alpha value is -1.80. The van der Waals surface area contributed by atoms with Gasteiger partial charge in [-0.2, -0.15) is 0 Å². The van der Waals surface area contributed by atoms with Crippen LogP contribution in [0.4, 0.5) is 0 Å². The van der Waals surface area contributed by atoms with Crippen LogP contribution in [0.5, 0.6) is 0 Å². The zero-order valence-electron chi connectivity index (χ0n) is 14.7. The average molecular weight is 420 g/mol. The lowest BCUT2D eigenvalue weighted by molar-refractivity contribution is 0.244. The van der Waals surface area contributed by atoms with Crippen molar-refractivity contribution < 1.29 is 8.42 Å². The monoisotopic (exact) mass is 419 g/mol. The van der Waals surface area contributed by atoms with Crippen LogP contribution in [0.1, 0.15) is 16.1 Å². The van der Waals surface area contributed by atoms with Crippen LogP contribution < -0.4 is 0 Å². The van der Waals surface area contributed by atoms with Gasteiger partial charge in [-0.15, -0.1) is 11.3 Å². The summed E-state index contributed by atoms with van der Waals surface area (Å²) in [4.78, 5) is 13.1. The smallest absolute Gasteiger partial charge is 0.246 e. The van der Waals surface area contributed by atoms with E-state index in [1.54, 1.807) is 17.5 Å². The third-order valence-electron chi connectivity index (χ3n) is 4.49. The molecule has 0 amide bonds. The summed E-state index contributed by atoms with van der Waals surface area (Å²) in [7, 11) is -3.37. The molecular weight excluding hydrogens is 402 g/mol. The largest absolute Gasteiger partial charge is 0.293 e. The summed E-state index contributed by atoms with van der Waals surface area (Å²) in [5.41, 5.74) is 3.01. The van der Waals surface area contributed by atoms with Crippen molar-refractivity contribution in [3.63, 3.8) is 0 Å². The standard InChI is InChI=1S/C19H18ClN3O2S2/c1-27(24,25)19-21-10-14-11-23(9-8-17(14)22-19)12-16-6-7-18(26-16)13-2-4-15(20)5-3-13/h2-7,10H,8-9,11-12H2,1H3. The molecule has 0 N–H and O–H groups in total. The normalized spacial score (nSPS) is 14.9. The molecule has 1 aliphatic rings. The van der Waals surface area contributed by atoms with Crippen molar-refractivity contribution in [3.05, 3.63) is 63.8 Å². The molecule has 0 saturated heterocycles. The number of rotatable bonds is 4. The first-order valence-corrected chi connectivity index (χ1v) is 11.6. The lowest BCUT2D eigenvalue weighted by Gasteiger charge is -2.27. The Morgan fingerprint density at radius 3 is 2.70 bits per heavy atom. The van der Waals surface area contributed by atoms with Gasteiger partial charge in [0.1, 0.15) is 0 Å². The topological polar surface area (TPSA) is 63.2 Å². The first-order valence-electron chi connectivity index (χ1n) is 8.50. The van der Waals surface area contributed by atoms with E-state index in [1.807, 2.05) is 24.3 Å². The van der Waals surface area contributed by atoms with Crippen molar-refractivity contribution in [1.82, 2.24) is 14.9 Å². The summed E-state index contributed by atoms with van der Waals surface area (Å²) in [6.45, 7) is 2.43. The molecule has 27 heavy (non-hydrogen) atoms. The molecule has 1 aliphatic heterocycles. The van der Waals surface area contributed by atoms with E-state index < -0.39 is 9.84 Å². The maximum absolute atomic E-state index is 11.6. The van der Waals surface area contributed by atoms with Gasteiger partial charge in [0.05, 0.1) is 5.69 Å². The number of halogens is 1. The van der Waals surface area contributed by atoms with E-state index in [4.69, 9.17) is 11.6 Å². The van der Waals surface area contributed by atoms with Gasteiger partial charge in [-0.3, -0.25) is 4.90 Å². The summed E-state index contributed by atoms with van der Waals surface area (Å²) in [6.07, 6.45) is 3.52. The van der Waals surface area contributed by atoms with Crippen molar-refractivity contribution in [3.8, 4) is 10.4 Å². The van der Waals surface area contributed by atoms with E-state index in [1.165, 1.54) is 15.3 Å². The predicted molar refractivity (Wildman–Crippen MR) is 108 cm³/mol. The first-order chi connectivity index (χ1) is 12.9. The van der Waals surface area contributed by atoms with Crippen LogP contribution in [0.15, 0.2) is 47.8 Å². The maximum atomic E-state index is 11.6. The molecule has 8 heteroatoms. The Labute approximate surface area is 167 Å². The number of hydrogen-bond acceptors (Lipinski definition) is 6. The molecule has 1 aromatic carbocycles. The lowest BCUT2D eigenvalue weighted by atomic mass is 10.1.